The van der Waals surface area contributed by atoms with Gasteiger partial charge in [0.25, 0.3) is 0 Å². The number of para-hydroxylation sites is 2. The van der Waals surface area contributed by atoms with Gasteiger partial charge in [0.15, 0.2) is 5.58 Å². The molecule has 7 rings (SSSR count). The highest BCUT2D eigenvalue weighted by molar-refractivity contribution is 7.26. The minimum atomic E-state index is 0.611. The number of aromatic nitrogens is 2. The average molecular weight is 390 g/mol. The van der Waals surface area contributed by atoms with Gasteiger partial charge in [0, 0.05) is 30.9 Å². The lowest BCUT2D eigenvalue weighted by atomic mass is 10.1. The number of thiophene rings is 1. The maximum atomic E-state index is 6.47. The first-order chi connectivity index (χ1) is 14.4. The summed E-state index contributed by atoms with van der Waals surface area (Å²) in [7, 11) is 0. The zero-order valence-electron chi connectivity index (χ0n) is 15.3. The topological polar surface area (TPSA) is 31.0 Å². The van der Waals surface area contributed by atoms with Gasteiger partial charge in [0.05, 0.1) is 11.0 Å². The van der Waals surface area contributed by atoms with Crippen molar-refractivity contribution in [3.05, 3.63) is 84.9 Å². The van der Waals surface area contributed by atoms with Gasteiger partial charge in [-0.3, -0.25) is 4.57 Å². The van der Waals surface area contributed by atoms with E-state index in [0.29, 0.717) is 6.01 Å². The van der Waals surface area contributed by atoms with Crippen molar-refractivity contribution in [3.8, 4) is 6.01 Å². The van der Waals surface area contributed by atoms with E-state index in [4.69, 9.17) is 9.40 Å². The van der Waals surface area contributed by atoms with Gasteiger partial charge in [-0.25, -0.2) is 0 Å². The number of oxazole rings is 1. The second kappa shape index (κ2) is 5.46. The number of fused-ring (bicyclic) bond motifs is 8. The lowest BCUT2D eigenvalue weighted by Crippen LogP contribution is -1.93. The van der Waals surface area contributed by atoms with Gasteiger partial charge in [-0.15, -0.1) is 11.3 Å². The summed E-state index contributed by atoms with van der Waals surface area (Å²) in [6.45, 7) is 0. The molecule has 0 atom stereocenters. The Kier molecular flexibility index (Phi) is 2.88. The Bertz CT molecular complexity index is 1660. The van der Waals surface area contributed by atoms with E-state index in [1.807, 2.05) is 0 Å². The maximum absolute atomic E-state index is 6.47. The molecule has 0 saturated carbocycles. The Morgan fingerprint density at radius 2 is 1.31 bits per heavy atom. The summed E-state index contributed by atoms with van der Waals surface area (Å²) >= 11 is 1.79. The Morgan fingerprint density at radius 1 is 0.655 bits per heavy atom. The molecule has 4 aromatic carbocycles. The Balaban J connectivity index is 1.63. The standard InChI is InChI=1S/C25H14N2OS/c1-4-10-19-15(7-1)16-8-2-5-11-20(16)27(19)25-26-18-13-14-22-23(24(18)28-25)17-9-3-6-12-21(17)29-22/h1-14H. The molecule has 136 valence electrons. The minimum absolute atomic E-state index is 0.611. The highest BCUT2D eigenvalue weighted by Crippen LogP contribution is 2.40. The fourth-order valence-corrected chi connectivity index (χ4v) is 5.51. The second-order valence-electron chi connectivity index (χ2n) is 7.25. The quantitative estimate of drug-likeness (QED) is 0.295. The zero-order valence-corrected chi connectivity index (χ0v) is 16.1. The van der Waals surface area contributed by atoms with E-state index in [2.05, 4.69) is 89.5 Å². The van der Waals surface area contributed by atoms with Gasteiger partial charge < -0.3 is 4.42 Å². The third kappa shape index (κ3) is 1.99. The first kappa shape index (κ1) is 15.3. The van der Waals surface area contributed by atoms with Crippen LogP contribution in [0.25, 0.3) is 59.1 Å². The SMILES string of the molecule is c1ccc2c(c1)sc1ccc3nc(-n4c5ccccc5c5ccccc54)oc3c12. The van der Waals surface area contributed by atoms with Crippen LogP contribution < -0.4 is 0 Å². The minimum Gasteiger partial charge on any atom is -0.422 e. The van der Waals surface area contributed by atoms with Crippen LogP contribution in [0.2, 0.25) is 0 Å². The molecule has 0 aliphatic heterocycles. The fraction of sp³-hybridized carbons (Fsp3) is 0. The van der Waals surface area contributed by atoms with Crippen molar-refractivity contribution in [2.24, 2.45) is 0 Å². The molecule has 0 amide bonds. The predicted octanol–water partition coefficient (Wildman–Crippen LogP) is 7.29. The normalized spacial score (nSPS) is 12.1. The summed E-state index contributed by atoms with van der Waals surface area (Å²) in [4.78, 5) is 4.89. The molecule has 0 radical (unpaired) electrons. The van der Waals surface area contributed by atoms with Crippen molar-refractivity contribution in [2.45, 2.75) is 0 Å². The van der Waals surface area contributed by atoms with Gasteiger partial charge in [-0.2, -0.15) is 4.98 Å². The number of hydrogen-bond acceptors (Lipinski definition) is 3. The monoisotopic (exact) mass is 390 g/mol. The number of hydrogen-bond donors (Lipinski definition) is 0. The van der Waals surface area contributed by atoms with Crippen LogP contribution in [0.3, 0.4) is 0 Å². The molecule has 0 fully saturated rings. The summed E-state index contributed by atoms with van der Waals surface area (Å²) < 4.78 is 11.1. The molecule has 4 heteroatoms. The van der Waals surface area contributed by atoms with Crippen LogP contribution in [-0.4, -0.2) is 9.55 Å². The van der Waals surface area contributed by atoms with Crippen LogP contribution >= 0.6 is 11.3 Å². The zero-order chi connectivity index (χ0) is 18.9. The first-order valence-electron chi connectivity index (χ1n) is 9.58. The van der Waals surface area contributed by atoms with Crippen LogP contribution in [0.1, 0.15) is 0 Å². The number of benzene rings is 4. The van der Waals surface area contributed by atoms with Gasteiger partial charge in [-0.1, -0.05) is 54.6 Å². The van der Waals surface area contributed by atoms with Crippen molar-refractivity contribution in [3.63, 3.8) is 0 Å². The molecular formula is C25H14N2OS. The molecule has 3 aromatic heterocycles. The summed E-state index contributed by atoms with van der Waals surface area (Å²) in [5.41, 5.74) is 3.95. The Labute approximate surface area is 169 Å². The van der Waals surface area contributed by atoms with Crippen LogP contribution in [0.5, 0.6) is 0 Å². The van der Waals surface area contributed by atoms with Crippen LogP contribution in [0, 0.1) is 0 Å². The summed E-state index contributed by atoms with van der Waals surface area (Å²) in [6, 6.07) is 30.1. The summed E-state index contributed by atoms with van der Waals surface area (Å²) in [6.07, 6.45) is 0. The Morgan fingerprint density at radius 3 is 2.07 bits per heavy atom. The molecule has 0 aliphatic carbocycles. The van der Waals surface area contributed by atoms with Crippen molar-refractivity contribution < 1.29 is 4.42 Å². The van der Waals surface area contributed by atoms with E-state index < -0.39 is 0 Å². The van der Waals surface area contributed by atoms with Crippen LogP contribution in [-0.2, 0) is 0 Å². The van der Waals surface area contributed by atoms with E-state index in [-0.39, 0.29) is 0 Å². The largest absolute Gasteiger partial charge is 0.422 e. The lowest BCUT2D eigenvalue weighted by Gasteiger charge is -2.01. The third-order valence-electron chi connectivity index (χ3n) is 5.66. The number of nitrogens with zero attached hydrogens (tertiary/aromatic N) is 2. The highest BCUT2D eigenvalue weighted by Gasteiger charge is 2.18. The molecule has 0 aliphatic rings. The molecule has 0 bridgehead atoms. The van der Waals surface area contributed by atoms with E-state index >= 15 is 0 Å². The van der Waals surface area contributed by atoms with Gasteiger partial charge in [0.1, 0.15) is 5.52 Å². The number of rotatable bonds is 1. The van der Waals surface area contributed by atoms with Gasteiger partial charge in [0.2, 0.25) is 0 Å². The molecule has 29 heavy (non-hydrogen) atoms. The van der Waals surface area contributed by atoms with E-state index in [1.165, 1.54) is 25.6 Å². The third-order valence-corrected chi connectivity index (χ3v) is 6.79. The highest BCUT2D eigenvalue weighted by atomic mass is 32.1. The molecule has 3 heterocycles. The van der Waals surface area contributed by atoms with Crippen molar-refractivity contribution in [1.29, 1.82) is 0 Å². The fourth-order valence-electron chi connectivity index (χ4n) is 4.41. The maximum Gasteiger partial charge on any atom is 0.307 e. The van der Waals surface area contributed by atoms with E-state index in [0.717, 1.165) is 27.5 Å². The van der Waals surface area contributed by atoms with Gasteiger partial charge >= 0.3 is 6.01 Å². The predicted molar refractivity (Wildman–Crippen MR) is 121 cm³/mol. The van der Waals surface area contributed by atoms with E-state index in [1.54, 1.807) is 11.3 Å². The lowest BCUT2D eigenvalue weighted by molar-refractivity contribution is 0.577. The Hall–Kier alpha value is -3.63. The summed E-state index contributed by atoms with van der Waals surface area (Å²) in [5.74, 6) is 0. The van der Waals surface area contributed by atoms with Crippen molar-refractivity contribution >= 4 is 64.4 Å². The molecule has 7 aromatic rings. The molecule has 0 saturated heterocycles. The van der Waals surface area contributed by atoms with E-state index in [9.17, 15) is 0 Å². The molecule has 0 unspecified atom stereocenters. The van der Waals surface area contributed by atoms with Crippen LogP contribution in [0.15, 0.2) is 89.3 Å². The molecular weight excluding hydrogens is 376 g/mol. The first-order valence-corrected chi connectivity index (χ1v) is 10.4. The smallest absolute Gasteiger partial charge is 0.307 e. The summed E-state index contributed by atoms with van der Waals surface area (Å²) in [5, 5.41) is 4.79. The average Bonchev–Trinajstić information content (AvgIpc) is 3.44. The van der Waals surface area contributed by atoms with Crippen molar-refractivity contribution in [2.75, 3.05) is 0 Å². The molecule has 3 nitrogen and oxygen atoms in total. The second-order valence-corrected chi connectivity index (χ2v) is 8.34. The van der Waals surface area contributed by atoms with Crippen molar-refractivity contribution in [1.82, 2.24) is 9.55 Å². The molecule has 0 N–H and O–H groups in total. The van der Waals surface area contributed by atoms with Crippen LogP contribution in [0.4, 0.5) is 0 Å². The molecule has 0 spiro atoms. The van der Waals surface area contributed by atoms with Gasteiger partial charge in [-0.05, 0) is 30.3 Å².